The first-order valence-corrected chi connectivity index (χ1v) is 8.34. The molecule has 1 aromatic carbocycles. The van der Waals surface area contributed by atoms with Crippen LogP contribution in [0.2, 0.25) is 0 Å². The second-order valence-corrected chi connectivity index (χ2v) is 6.31. The molecule has 0 bridgehead atoms. The molecule has 1 aromatic rings. The molecule has 0 spiro atoms. The molecule has 2 unspecified atom stereocenters. The quantitative estimate of drug-likeness (QED) is 0.872. The fourth-order valence-electron chi connectivity index (χ4n) is 3.27. The summed E-state index contributed by atoms with van der Waals surface area (Å²) in [6, 6.07) is 9.53. The van der Waals surface area contributed by atoms with Crippen molar-refractivity contribution in [2.75, 3.05) is 26.2 Å². The third-order valence-electron chi connectivity index (χ3n) is 4.46. The average Bonchev–Trinajstić information content (AvgIpc) is 2.48. The van der Waals surface area contributed by atoms with Gasteiger partial charge in [0.05, 0.1) is 6.10 Å². The fraction of sp³-hybridized carbons (Fsp3) is 0.667. The molecule has 0 amide bonds. The topological polar surface area (TPSA) is 26.7 Å². The van der Waals surface area contributed by atoms with Gasteiger partial charge in [0.2, 0.25) is 0 Å². The summed E-state index contributed by atoms with van der Waals surface area (Å²) in [7, 11) is 0. The van der Waals surface area contributed by atoms with Crippen molar-refractivity contribution in [3.8, 4) is 0 Å². The number of hydrogen-bond acceptors (Lipinski definition) is 3. The van der Waals surface area contributed by atoms with Gasteiger partial charge < -0.3 is 5.11 Å². The van der Waals surface area contributed by atoms with Gasteiger partial charge in [-0.2, -0.15) is 0 Å². The Hall–Kier alpha value is -0.900. The molecule has 0 aromatic heterocycles. The number of hydrogen-bond donors (Lipinski definition) is 1. The molecule has 1 N–H and O–H groups in total. The Morgan fingerprint density at radius 3 is 2.67 bits per heavy atom. The van der Waals surface area contributed by atoms with Gasteiger partial charge in [-0.1, -0.05) is 38.1 Å². The number of piperazine rings is 1. The van der Waals surface area contributed by atoms with E-state index in [1.165, 1.54) is 11.1 Å². The zero-order valence-corrected chi connectivity index (χ0v) is 13.8. The average molecular weight is 290 g/mol. The standard InChI is InChI=1S/C18H30N2O/c1-4-16-7-6-8-17(11-16)13-19-9-10-20(12-15(3)21)18(5-2)14-19/h6-8,11,15,18,21H,4-5,9-10,12-14H2,1-3H3. The number of aliphatic hydroxyl groups is 1. The highest BCUT2D eigenvalue weighted by atomic mass is 16.3. The molecule has 1 saturated heterocycles. The van der Waals surface area contributed by atoms with Crippen LogP contribution in [0.4, 0.5) is 0 Å². The maximum Gasteiger partial charge on any atom is 0.0639 e. The summed E-state index contributed by atoms with van der Waals surface area (Å²) in [6.07, 6.45) is 2.03. The first kappa shape index (κ1) is 16.5. The first-order chi connectivity index (χ1) is 10.1. The van der Waals surface area contributed by atoms with E-state index in [0.29, 0.717) is 6.04 Å². The monoisotopic (exact) mass is 290 g/mol. The third kappa shape index (κ3) is 4.80. The summed E-state index contributed by atoms with van der Waals surface area (Å²) in [4.78, 5) is 5.01. The summed E-state index contributed by atoms with van der Waals surface area (Å²) in [6.45, 7) is 11.5. The largest absolute Gasteiger partial charge is 0.392 e. The number of rotatable bonds is 6. The fourth-order valence-corrected chi connectivity index (χ4v) is 3.27. The zero-order chi connectivity index (χ0) is 15.2. The second kappa shape index (κ2) is 7.92. The number of benzene rings is 1. The lowest BCUT2D eigenvalue weighted by Gasteiger charge is -2.41. The van der Waals surface area contributed by atoms with E-state index < -0.39 is 0 Å². The van der Waals surface area contributed by atoms with Crippen LogP contribution in [0.3, 0.4) is 0 Å². The van der Waals surface area contributed by atoms with E-state index in [2.05, 4.69) is 47.9 Å². The summed E-state index contributed by atoms with van der Waals surface area (Å²) in [5.41, 5.74) is 2.85. The van der Waals surface area contributed by atoms with Crippen molar-refractivity contribution in [3.05, 3.63) is 35.4 Å². The van der Waals surface area contributed by atoms with Crippen LogP contribution in [0.15, 0.2) is 24.3 Å². The molecule has 1 aliphatic heterocycles. The van der Waals surface area contributed by atoms with Gasteiger partial charge in [-0.25, -0.2) is 0 Å². The zero-order valence-electron chi connectivity index (χ0n) is 13.8. The molecule has 21 heavy (non-hydrogen) atoms. The van der Waals surface area contributed by atoms with Crippen molar-refractivity contribution in [2.45, 2.75) is 52.3 Å². The third-order valence-corrected chi connectivity index (χ3v) is 4.46. The Kier molecular flexibility index (Phi) is 6.22. The highest BCUT2D eigenvalue weighted by Crippen LogP contribution is 2.16. The Labute approximate surface area is 129 Å². The molecule has 1 aliphatic rings. The minimum atomic E-state index is -0.230. The Balaban J connectivity index is 1.93. The van der Waals surface area contributed by atoms with E-state index >= 15 is 0 Å². The van der Waals surface area contributed by atoms with Crippen molar-refractivity contribution in [3.63, 3.8) is 0 Å². The number of aliphatic hydroxyl groups excluding tert-OH is 1. The van der Waals surface area contributed by atoms with Crippen LogP contribution in [0.5, 0.6) is 0 Å². The van der Waals surface area contributed by atoms with E-state index in [1.54, 1.807) is 0 Å². The van der Waals surface area contributed by atoms with Crippen LogP contribution in [-0.2, 0) is 13.0 Å². The van der Waals surface area contributed by atoms with Crippen molar-refractivity contribution < 1.29 is 5.11 Å². The van der Waals surface area contributed by atoms with Gasteiger partial charge in [-0.3, -0.25) is 9.80 Å². The van der Waals surface area contributed by atoms with Crippen molar-refractivity contribution >= 4 is 0 Å². The minimum Gasteiger partial charge on any atom is -0.392 e. The lowest BCUT2D eigenvalue weighted by atomic mass is 10.1. The molecule has 0 saturated carbocycles. The molecule has 0 radical (unpaired) electrons. The molecule has 3 nitrogen and oxygen atoms in total. The number of aryl methyl sites for hydroxylation is 1. The van der Waals surface area contributed by atoms with Gasteiger partial charge in [0.1, 0.15) is 0 Å². The summed E-state index contributed by atoms with van der Waals surface area (Å²) >= 11 is 0. The maximum atomic E-state index is 9.62. The van der Waals surface area contributed by atoms with Crippen LogP contribution in [-0.4, -0.2) is 53.2 Å². The van der Waals surface area contributed by atoms with Crippen LogP contribution in [0.25, 0.3) is 0 Å². The van der Waals surface area contributed by atoms with E-state index in [4.69, 9.17) is 0 Å². The Bertz CT molecular complexity index is 433. The predicted molar refractivity (Wildman–Crippen MR) is 88.4 cm³/mol. The summed E-state index contributed by atoms with van der Waals surface area (Å²) in [5, 5.41) is 9.62. The van der Waals surface area contributed by atoms with Crippen LogP contribution >= 0.6 is 0 Å². The Morgan fingerprint density at radius 1 is 1.24 bits per heavy atom. The minimum absolute atomic E-state index is 0.230. The SMILES string of the molecule is CCc1cccc(CN2CCN(CC(C)O)C(CC)C2)c1. The summed E-state index contributed by atoms with van der Waals surface area (Å²) < 4.78 is 0. The molecule has 2 rings (SSSR count). The van der Waals surface area contributed by atoms with E-state index in [9.17, 15) is 5.11 Å². The van der Waals surface area contributed by atoms with Gasteiger partial charge in [0.15, 0.2) is 0 Å². The smallest absolute Gasteiger partial charge is 0.0639 e. The number of nitrogens with zero attached hydrogens (tertiary/aromatic N) is 2. The van der Waals surface area contributed by atoms with E-state index in [-0.39, 0.29) is 6.10 Å². The van der Waals surface area contributed by atoms with Gasteiger partial charge in [0, 0.05) is 38.8 Å². The van der Waals surface area contributed by atoms with Crippen LogP contribution in [0.1, 0.15) is 38.3 Å². The lowest BCUT2D eigenvalue weighted by molar-refractivity contribution is 0.0338. The highest BCUT2D eigenvalue weighted by molar-refractivity contribution is 5.23. The van der Waals surface area contributed by atoms with Crippen molar-refractivity contribution in [1.29, 1.82) is 0 Å². The van der Waals surface area contributed by atoms with Gasteiger partial charge in [-0.05, 0) is 30.9 Å². The molecule has 2 atom stereocenters. The van der Waals surface area contributed by atoms with Crippen LogP contribution in [0, 0.1) is 0 Å². The normalized spacial score (nSPS) is 22.4. The van der Waals surface area contributed by atoms with E-state index in [0.717, 1.165) is 45.6 Å². The van der Waals surface area contributed by atoms with Gasteiger partial charge in [-0.15, -0.1) is 0 Å². The predicted octanol–water partition coefficient (Wildman–Crippen LogP) is 2.53. The second-order valence-electron chi connectivity index (χ2n) is 6.31. The first-order valence-electron chi connectivity index (χ1n) is 8.34. The van der Waals surface area contributed by atoms with E-state index in [1.807, 2.05) is 6.92 Å². The summed E-state index contributed by atoms with van der Waals surface area (Å²) in [5.74, 6) is 0. The number of β-amino-alcohol motifs (C(OH)–C–C–N with tert-alkyl or cyclic N) is 1. The molecule has 1 fully saturated rings. The molecule has 3 heteroatoms. The Morgan fingerprint density at radius 2 is 2.00 bits per heavy atom. The molecule has 0 aliphatic carbocycles. The van der Waals surface area contributed by atoms with Gasteiger partial charge in [0.25, 0.3) is 0 Å². The van der Waals surface area contributed by atoms with Crippen molar-refractivity contribution in [2.24, 2.45) is 0 Å². The lowest BCUT2D eigenvalue weighted by Crippen LogP contribution is -2.54. The molecule has 118 valence electrons. The molecule has 1 heterocycles. The van der Waals surface area contributed by atoms with Crippen molar-refractivity contribution in [1.82, 2.24) is 9.80 Å². The molecular formula is C18H30N2O. The van der Waals surface area contributed by atoms with Gasteiger partial charge >= 0.3 is 0 Å². The highest BCUT2D eigenvalue weighted by Gasteiger charge is 2.26. The van der Waals surface area contributed by atoms with Crippen LogP contribution < -0.4 is 0 Å². The maximum absolute atomic E-state index is 9.62. The molecular weight excluding hydrogens is 260 g/mol.